The van der Waals surface area contributed by atoms with Crippen LogP contribution in [0.1, 0.15) is 124 Å². The molecule has 0 fully saturated rings. The van der Waals surface area contributed by atoms with Crippen LogP contribution in [0.4, 0.5) is 0 Å². The molecule has 0 saturated carbocycles. The zero-order valence-electron chi connectivity index (χ0n) is 79.5. The zero-order chi connectivity index (χ0) is 99.6. The van der Waals surface area contributed by atoms with Gasteiger partial charge < -0.3 is 0 Å². The SMILES string of the molecule is C[Si]1(C)c2cc[se]c2-c2[se]c(C=C3C(=O)c4cc5ccccc5cc4C3=O)cc21.C[Si]1(C)c2cc[te]c2-c2[te]c(C=C3C(=O)c4cc5ccccc5cc4C3=O)cc21.[CH3][Ge]1([CH3])[c]2cc[se]c2-c2[se]c(C=C3C(=O)c4cc5ccccc5cc4C3=O)c[c]21.[CH3][Ge]1([CH3])[c]2cc[te]c2-c2[te]c(C=C3C(=O)c4cc5ccccc5cc4C3=O)c[c]21.[CH3][Ge]1([CH3])[c]2ccsc2-c2sc(C=C3C(=O)c4cc5ccccc5cc4C3=O)c[c]21. The fourth-order valence-electron chi connectivity index (χ4n) is 22.6. The molecule has 25 heteroatoms. The van der Waals surface area contributed by atoms with Crippen molar-refractivity contribution >= 4 is 408 Å². The first kappa shape index (κ1) is 96.0. The van der Waals surface area contributed by atoms with E-state index in [4.69, 9.17) is 0 Å². The predicted molar refractivity (Wildman–Crippen MR) is 617 cm³/mol. The van der Waals surface area contributed by atoms with Gasteiger partial charge in [0.25, 0.3) is 0 Å². The van der Waals surface area contributed by atoms with E-state index in [9.17, 15) is 47.9 Å². The average molecular weight is 2850 g/mol. The van der Waals surface area contributed by atoms with E-state index < -0.39 is 96.8 Å². The van der Waals surface area contributed by atoms with Gasteiger partial charge in [0.1, 0.15) is 0 Å². The predicted octanol–water partition coefficient (Wildman–Crippen LogP) is 18.1. The average Bonchev–Trinajstić information content (AvgIpc) is 1.57. The molecule has 0 spiro atoms. The number of fused-ring (bicyclic) bond motifs is 25. The monoisotopic (exact) mass is 2860 g/mol. The summed E-state index contributed by atoms with van der Waals surface area (Å²) >= 11 is -3.07. The Bertz CT molecular complexity index is 8090. The Morgan fingerprint density at radius 2 is 0.648 bits per heavy atom. The summed E-state index contributed by atoms with van der Waals surface area (Å²) in [5, 5.41) is 18.6. The van der Waals surface area contributed by atoms with Gasteiger partial charge in [-0.2, -0.15) is 0 Å². The number of rotatable bonds is 5. The number of hydrogen-bond acceptors (Lipinski definition) is 12. The molecule has 10 nitrogen and oxygen atoms in total. The number of hydrogen-bond donors (Lipinski definition) is 0. The van der Waals surface area contributed by atoms with Crippen LogP contribution in [0.25, 0.3) is 126 Å². The Kier molecular flexibility index (Phi) is 23.7. The van der Waals surface area contributed by atoms with Crippen LogP contribution < -0.4 is 47.1 Å². The van der Waals surface area contributed by atoms with E-state index in [-0.39, 0.29) is 128 Å². The van der Waals surface area contributed by atoms with E-state index in [1.807, 2.05) is 224 Å². The Morgan fingerprint density at radius 3 is 1.11 bits per heavy atom. The third kappa shape index (κ3) is 15.3. The van der Waals surface area contributed by atoms with Crippen LogP contribution in [-0.2, 0) is 0 Å². The first-order valence-corrected chi connectivity index (χ1v) is 91.0. The normalized spacial score (nSPS) is 16.3. The van der Waals surface area contributed by atoms with Crippen LogP contribution in [0.3, 0.4) is 0 Å². The van der Waals surface area contributed by atoms with Crippen molar-refractivity contribution in [2.75, 3.05) is 0 Å². The minimum atomic E-state index is -2.24. The van der Waals surface area contributed by atoms with Gasteiger partial charge in [-0.15, -0.1) is 0 Å². The molecule has 145 heavy (non-hydrogen) atoms. The quantitative estimate of drug-likeness (QED) is 0.0917. The molecule has 0 unspecified atom stereocenters. The minimum absolute atomic E-state index is 0.104. The molecule has 10 aromatic heterocycles. The number of carbonyl (C=O) groups is 10. The van der Waals surface area contributed by atoms with Crippen LogP contribution in [0.2, 0.25) is 60.7 Å². The van der Waals surface area contributed by atoms with Gasteiger partial charge in [0.2, 0.25) is 0 Å². The van der Waals surface area contributed by atoms with Crippen LogP contribution in [0.5, 0.6) is 0 Å². The fourth-order valence-corrected chi connectivity index (χ4v) is 105. The third-order valence-corrected chi connectivity index (χ3v) is 92.5. The number of Topliss-reactive ketones (excluding diaryl/α,β-unsaturated/α-hetero) is 10. The summed E-state index contributed by atoms with van der Waals surface area (Å²) in [6.07, 6.45) is 9.50. The van der Waals surface area contributed by atoms with E-state index in [0.717, 1.165) is 58.7 Å². The van der Waals surface area contributed by atoms with Crippen molar-refractivity contribution in [1.82, 2.24) is 0 Å². The standard InChI is InChI=1S/C24H16GeO2S2.C24H16GeO2Se2.C24H16GeO2Te2.C24H16O2Se2Si.C24H16O2SiTe2/c3*1-25(2)19-7-8-28-23(19)24-20(25)12-15(29-24)11-18-21(26)16-9-13-5-3-4-6-14(13)10-17(16)22(18)27;1-29(2)19-7-8-27-23(19)24-20(29)12-15(28-24)11-18-21(25)16-9-13-5-3-4-6-14(13)10-17(16)22(18)26;1-27(2)19-7-8-28-23(19)24-20(27)12-15(29-24)11-18-21(25)16-9-13-5-3-4-6-14(13)10-17(16)22(18)26/h5*3-12H,1-2H3. The Labute approximate surface area is 916 Å². The van der Waals surface area contributed by atoms with Crippen molar-refractivity contribution in [3.8, 4) is 41.8 Å². The molecule has 30 rings (SSSR count). The van der Waals surface area contributed by atoms with Gasteiger partial charge in [-0.25, -0.2) is 0 Å². The Morgan fingerprint density at radius 1 is 0.276 bits per heavy atom. The topological polar surface area (TPSA) is 171 Å². The number of benzene rings is 10. The van der Waals surface area contributed by atoms with Gasteiger partial charge >= 0.3 is 929 Å². The van der Waals surface area contributed by atoms with E-state index in [1.54, 1.807) is 80.9 Å². The Hall–Kier alpha value is -8.56. The Balaban J connectivity index is 0.0000000923. The van der Waals surface area contributed by atoms with Crippen molar-refractivity contribution in [3.63, 3.8) is 0 Å². The van der Waals surface area contributed by atoms with Crippen molar-refractivity contribution < 1.29 is 47.9 Å². The molecule has 0 radical (unpaired) electrons. The van der Waals surface area contributed by atoms with Crippen molar-refractivity contribution in [2.45, 2.75) is 60.7 Å². The van der Waals surface area contributed by atoms with Crippen molar-refractivity contribution in [3.05, 3.63) is 370 Å². The van der Waals surface area contributed by atoms with E-state index in [2.05, 4.69) is 145 Å². The molecule has 0 bridgehead atoms. The second kappa shape index (κ2) is 35.8. The van der Waals surface area contributed by atoms with Gasteiger partial charge in [-0.3, -0.25) is 0 Å². The van der Waals surface area contributed by atoms with Crippen molar-refractivity contribution in [2.24, 2.45) is 0 Å². The first-order chi connectivity index (χ1) is 69.7. The van der Waals surface area contributed by atoms with Gasteiger partial charge in [0.15, 0.2) is 0 Å². The maximum atomic E-state index is 13.1. The molecule has 20 aromatic rings. The summed E-state index contributed by atoms with van der Waals surface area (Å²) in [7, 11) is -3.17. The number of thiophene rings is 2. The van der Waals surface area contributed by atoms with Crippen LogP contribution in [0.15, 0.2) is 294 Å². The van der Waals surface area contributed by atoms with Gasteiger partial charge in [-0.05, 0) is 0 Å². The molecule has 5 aliphatic heterocycles. The molecule has 0 atom stereocenters. The first-order valence-electron chi connectivity index (χ1n) is 47.6. The molecule has 10 aliphatic rings. The van der Waals surface area contributed by atoms with Crippen LogP contribution >= 0.6 is 22.7 Å². The molecule has 0 saturated heterocycles. The zero-order valence-corrected chi connectivity index (χ0v) is 106. The molecule has 15 heterocycles. The van der Waals surface area contributed by atoms with Crippen LogP contribution in [-0.4, -0.2) is 254 Å². The third-order valence-electron chi connectivity index (χ3n) is 30.6. The summed E-state index contributed by atoms with van der Waals surface area (Å²) in [5.74, 6) is 13.6. The molecule has 0 N–H and O–H groups in total. The second-order valence-electron chi connectivity index (χ2n) is 40.7. The van der Waals surface area contributed by atoms with Gasteiger partial charge in [0, 0.05) is 0 Å². The molecule has 10 aromatic carbocycles. The summed E-state index contributed by atoms with van der Waals surface area (Å²) in [4.78, 5) is 139. The fraction of sp³-hybridized carbons (Fsp3) is 0.0833. The summed E-state index contributed by atoms with van der Waals surface area (Å²) in [6.45, 7) is 9.74. The molecule has 700 valence electrons. The molecule has 0 amide bonds. The second-order valence-corrected chi connectivity index (χ2v) is 98.4. The summed E-state index contributed by atoms with van der Waals surface area (Å²) in [5.41, 5.74) is 7.24. The molecular weight excluding hydrogens is 2770 g/mol. The molecular formula is C120H80Ge3O10S2Se4Si2Te4. The summed E-state index contributed by atoms with van der Waals surface area (Å²) < 4.78 is 32.3. The number of ketones is 10. The van der Waals surface area contributed by atoms with Gasteiger partial charge in [-0.1, -0.05) is 0 Å². The maximum absolute atomic E-state index is 13.1. The van der Waals surface area contributed by atoms with E-state index in [0.29, 0.717) is 113 Å². The molecule has 5 aliphatic carbocycles. The van der Waals surface area contributed by atoms with E-state index in [1.165, 1.54) is 35.4 Å². The number of carbonyl (C=O) groups excluding carboxylic acids is 10. The summed E-state index contributed by atoms with van der Waals surface area (Å²) in [6, 6.07) is 81.6. The van der Waals surface area contributed by atoms with Gasteiger partial charge in [0.05, 0.1) is 0 Å². The van der Waals surface area contributed by atoms with Crippen LogP contribution in [0, 0.1) is 0 Å². The van der Waals surface area contributed by atoms with E-state index >= 15 is 0 Å². The number of allylic oxidation sites excluding steroid dienone is 5. The van der Waals surface area contributed by atoms with Crippen molar-refractivity contribution in [1.29, 1.82) is 0 Å².